The first kappa shape index (κ1) is 16.1. The van der Waals surface area contributed by atoms with Gasteiger partial charge in [0, 0.05) is 6.20 Å². The van der Waals surface area contributed by atoms with Gasteiger partial charge in [-0.2, -0.15) is 0 Å². The van der Waals surface area contributed by atoms with Crippen molar-refractivity contribution in [2.75, 3.05) is 13.2 Å². The van der Waals surface area contributed by atoms with Gasteiger partial charge in [-0.15, -0.1) is 0 Å². The van der Waals surface area contributed by atoms with Crippen LogP contribution in [0.3, 0.4) is 0 Å². The summed E-state index contributed by atoms with van der Waals surface area (Å²) >= 11 is 0. The SMILES string of the molecule is CCOC(=O)C(C)/C=C/N1C(=O)OC[C@@H]1Cc1ccccc1. The molecule has 1 saturated heterocycles. The third-order valence-electron chi connectivity index (χ3n) is 3.51. The van der Waals surface area contributed by atoms with Crippen molar-refractivity contribution < 1.29 is 19.1 Å². The molecule has 5 heteroatoms. The molecular weight excluding hydrogens is 282 g/mol. The molecule has 2 atom stereocenters. The zero-order chi connectivity index (χ0) is 15.9. The fourth-order valence-electron chi connectivity index (χ4n) is 2.27. The second kappa shape index (κ2) is 7.64. The van der Waals surface area contributed by atoms with Crippen LogP contribution in [0.25, 0.3) is 0 Å². The average molecular weight is 303 g/mol. The van der Waals surface area contributed by atoms with Crippen LogP contribution in [0.4, 0.5) is 4.79 Å². The highest BCUT2D eigenvalue weighted by Crippen LogP contribution is 2.18. The van der Waals surface area contributed by atoms with Crippen LogP contribution < -0.4 is 0 Å². The zero-order valence-corrected chi connectivity index (χ0v) is 12.9. The molecule has 1 heterocycles. The lowest BCUT2D eigenvalue weighted by Crippen LogP contribution is -2.30. The Labute approximate surface area is 130 Å². The maximum atomic E-state index is 11.8. The largest absolute Gasteiger partial charge is 0.466 e. The number of hydrogen-bond donors (Lipinski definition) is 0. The molecule has 1 fully saturated rings. The summed E-state index contributed by atoms with van der Waals surface area (Å²) in [6.45, 7) is 4.20. The van der Waals surface area contributed by atoms with E-state index in [1.807, 2.05) is 30.3 Å². The Bertz CT molecular complexity index is 541. The van der Waals surface area contributed by atoms with Gasteiger partial charge < -0.3 is 9.47 Å². The van der Waals surface area contributed by atoms with Crippen LogP contribution >= 0.6 is 0 Å². The minimum atomic E-state index is -0.397. The monoisotopic (exact) mass is 303 g/mol. The molecule has 1 aromatic rings. The van der Waals surface area contributed by atoms with Crippen LogP contribution in [0.2, 0.25) is 0 Å². The number of cyclic esters (lactones) is 1. The third kappa shape index (κ3) is 4.10. The van der Waals surface area contributed by atoms with Crippen molar-refractivity contribution in [1.82, 2.24) is 4.90 Å². The normalized spacial score (nSPS) is 19.3. The van der Waals surface area contributed by atoms with Gasteiger partial charge in [0.05, 0.1) is 18.6 Å². The number of ether oxygens (including phenoxy) is 2. The van der Waals surface area contributed by atoms with Crippen molar-refractivity contribution in [2.24, 2.45) is 5.92 Å². The minimum Gasteiger partial charge on any atom is -0.466 e. The van der Waals surface area contributed by atoms with Crippen LogP contribution in [0.5, 0.6) is 0 Å². The molecule has 2 rings (SSSR count). The number of amides is 1. The molecule has 0 N–H and O–H groups in total. The Morgan fingerprint density at radius 3 is 2.86 bits per heavy atom. The first-order valence-electron chi connectivity index (χ1n) is 7.45. The Morgan fingerprint density at radius 2 is 2.18 bits per heavy atom. The predicted octanol–water partition coefficient (Wildman–Crippen LogP) is 2.76. The summed E-state index contributed by atoms with van der Waals surface area (Å²) in [5.74, 6) is -0.698. The number of carbonyl (C=O) groups is 2. The first-order valence-corrected chi connectivity index (χ1v) is 7.45. The van der Waals surface area contributed by atoms with Gasteiger partial charge in [-0.05, 0) is 25.8 Å². The van der Waals surface area contributed by atoms with Gasteiger partial charge >= 0.3 is 12.1 Å². The average Bonchev–Trinajstić information content (AvgIpc) is 2.86. The van der Waals surface area contributed by atoms with Crippen LogP contribution in [0.1, 0.15) is 19.4 Å². The number of nitrogens with zero attached hydrogens (tertiary/aromatic N) is 1. The van der Waals surface area contributed by atoms with E-state index in [0.717, 1.165) is 5.56 Å². The molecule has 0 bridgehead atoms. The first-order chi connectivity index (χ1) is 10.6. The second-order valence-corrected chi connectivity index (χ2v) is 5.21. The number of hydrogen-bond acceptors (Lipinski definition) is 4. The van der Waals surface area contributed by atoms with E-state index in [1.165, 1.54) is 0 Å². The van der Waals surface area contributed by atoms with E-state index >= 15 is 0 Å². The molecule has 1 unspecified atom stereocenters. The number of esters is 1. The Hall–Kier alpha value is -2.30. The highest BCUT2D eigenvalue weighted by Gasteiger charge is 2.31. The summed E-state index contributed by atoms with van der Waals surface area (Å²) in [7, 11) is 0. The Balaban J connectivity index is 2.00. The Kier molecular flexibility index (Phi) is 5.58. The maximum absolute atomic E-state index is 11.8. The van der Waals surface area contributed by atoms with Crippen LogP contribution in [0.15, 0.2) is 42.6 Å². The molecule has 1 amide bonds. The lowest BCUT2D eigenvalue weighted by Gasteiger charge is -2.17. The fraction of sp³-hybridized carbons (Fsp3) is 0.412. The number of benzene rings is 1. The molecule has 1 aliphatic rings. The number of rotatable bonds is 6. The quantitative estimate of drug-likeness (QED) is 0.758. The molecule has 1 aromatic carbocycles. The van der Waals surface area contributed by atoms with Gasteiger partial charge in [-0.3, -0.25) is 9.69 Å². The van der Waals surface area contributed by atoms with E-state index in [1.54, 1.807) is 31.0 Å². The molecule has 5 nitrogen and oxygen atoms in total. The van der Waals surface area contributed by atoms with E-state index in [0.29, 0.717) is 19.6 Å². The van der Waals surface area contributed by atoms with Crippen molar-refractivity contribution in [3.63, 3.8) is 0 Å². The van der Waals surface area contributed by atoms with Gasteiger partial charge in [-0.25, -0.2) is 4.79 Å². The van der Waals surface area contributed by atoms with Crippen molar-refractivity contribution in [2.45, 2.75) is 26.3 Å². The van der Waals surface area contributed by atoms with E-state index in [9.17, 15) is 9.59 Å². The molecule has 0 saturated carbocycles. The molecule has 118 valence electrons. The predicted molar refractivity (Wildman–Crippen MR) is 82.1 cm³/mol. The van der Waals surface area contributed by atoms with E-state index in [4.69, 9.17) is 9.47 Å². The molecule has 0 aromatic heterocycles. The highest BCUT2D eigenvalue weighted by molar-refractivity contribution is 5.75. The van der Waals surface area contributed by atoms with Crippen LogP contribution in [0, 0.1) is 5.92 Å². The standard InChI is InChI=1S/C17H21NO4/c1-3-21-16(19)13(2)9-10-18-15(12-22-17(18)20)11-14-7-5-4-6-8-14/h4-10,13,15H,3,11-12H2,1-2H3/b10-9+/t13?,15-/m0/s1. The van der Waals surface area contributed by atoms with Gasteiger partial charge in [-0.1, -0.05) is 36.4 Å². The summed E-state index contributed by atoms with van der Waals surface area (Å²) < 4.78 is 10.1. The van der Waals surface area contributed by atoms with Crippen LogP contribution in [-0.2, 0) is 20.7 Å². The van der Waals surface area contributed by atoms with E-state index in [-0.39, 0.29) is 18.1 Å². The summed E-state index contributed by atoms with van der Waals surface area (Å²) in [5.41, 5.74) is 1.14. The summed E-state index contributed by atoms with van der Waals surface area (Å²) in [6.07, 6.45) is 3.63. The lowest BCUT2D eigenvalue weighted by atomic mass is 10.1. The van der Waals surface area contributed by atoms with E-state index < -0.39 is 5.92 Å². The van der Waals surface area contributed by atoms with Crippen molar-refractivity contribution in [3.8, 4) is 0 Å². The third-order valence-corrected chi connectivity index (χ3v) is 3.51. The summed E-state index contributed by atoms with van der Waals surface area (Å²) in [4.78, 5) is 25.0. The molecular formula is C17H21NO4. The van der Waals surface area contributed by atoms with Crippen molar-refractivity contribution >= 4 is 12.1 Å². The minimum absolute atomic E-state index is 0.0551. The summed E-state index contributed by atoms with van der Waals surface area (Å²) in [6, 6.07) is 9.88. The molecule has 22 heavy (non-hydrogen) atoms. The molecule has 1 aliphatic heterocycles. The molecule has 0 spiro atoms. The van der Waals surface area contributed by atoms with Gasteiger partial charge in [0.1, 0.15) is 6.61 Å². The van der Waals surface area contributed by atoms with Gasteiger partial charge in [0.2, 0.25) is 0 Å². The number of carbonyl (C=O) groups excluding carboxylic acids is 2. The maximum Gasteiger partial charge on any atom is 0.414 e. The fourth-order valence-corrected chi connectivity index (χ4v) is 2.27. The van der Waals surface area contributed by atoms with Crippen LogP contribution in [-0.4, -0.2) is 36.2 Å². The van der Waals surface area contributed by atoms with Crippen molar-refractivity contribution in [3.05, 3.63) is 48.2 Å². The smallest absolute Gasteiger partial charge is 0.414 e. The Morgan fingerprint density at radius 1 is 1.45 bits per heavy atom. The molecule has 0 aliphatic carbocycles. The highest BCUT2D eigenvalue weighted by atomic mass is 16.6. The second-order valence-electron chi connectivity index (χ2n) is 5.21. The van der Waals surface area contributed by atoms with Crippen molar-refractivity contribution in [1.29, 1.82) is 0 Å². The van der Waals surface area contributed by atoms with Gasteiger partial charge in [0.25, 0.3) is 0 Å². The lowest BCUT2D eigenvalue weighted by molar-refractivity contribution is -0.145. The van der Waals surface area contributed by atoms with Gasteiger partial charge in [0.15, 0.2) is 0 Å². The van der Waals surface area contributed by atoms with E-state index in [2.05, 4.69) is 0 Å². The summed E-state index contributed by atoms with van der Waals surface area (Å²) in [5, 5.41) is 0. The zero-order valence-electron chi connectivity index (χ0n) is 12.9. The molecule has 0 radical (unpaired) electrons. The topological polar surface area (TPSA) is 55.8 Å².